The summed E-state index contributed by atoms with van der Waals surface area (Å²) in [7, 11) is 0. The maximum atomic E-state index is 12.6. The molecule has 148 valence electrons. The SMILES string of the molecule is O=C(Nc1ccccc1Cc1nc(-c2cccnc2)no1)c1cccc([N+](=O)[O-])c1. The summed E-state index contributed by atoms with van der Waals surface area (Å²) in [5.41, 5.74) is 2.09. The van der Waals surface area contributed by atoms with E-state index in [1.807, 2.05) is 18.2 Å². The van der Waals surface area contributed by atoms with Gasteiger partial charge in [0, 0.05) is 41.3 Å². The summed E-state index contributed by atoms with van der Waals surface area (Å²) in [5, 5.41) is 17.7. The molecule has 0 fully saturated rings. The number of rotatable bonds is 6. The molecule has 1 N–H and O–H groups in total. The second-order valence-electron chi connectivity index (χ2n) is 6.35. The third-order valence-electron chi connectivity index (χ3n) is 4.31. The van der Waals surface area contributed by atoms with Crippen LogP contribution < -0.4 is 5.32 Å². The third kappa shape index (κ3) is 4.20. The third-order valence-corrected chi connectivity index (χ3v) is 4.31. The van der Waals surface area contributed by atoms with Crippen LogP contribution in [0, 0.1) is 10.1 Å². The molecule has 0 atom stereocenters. The smallest absolute Gasteiger partial charge is 0.270 e. The Morgan fingerprint density at radius 3 is 2.77 bits per heavy atom. The van der Waals surface area contributed by atoms with Crippen LogP contribution in [0.1, 0.15) is 21.8 Å². The lowest BCUT2D eigenvalue weighted by molar-refractivity contribution is -0.384. The van der Waals surface area contributed by atoms with Crippen molar-refractivity contribution in [2.24, 2.45) is 0 Å². The second-order valence-corrected chi connectivity index (χ2v) is 6.35. The van der Waals surface area contributed by atoms with Crippen LogP contribution in [0.3, 0.4) is 0 Å². The van der Waals surface area contributed by atoms with Gasteiger partial charge in [0.05, 0.1) is 11.3 Å². The van der Waals surface area contributed by atoms with Gasteiger partial charge in [-0.05, 0) is 29.8 Å². The van der Waals surface area contributed by atoms with E-state index in [1.165, 1.54) is 24.3 Å². The van der Waals surface area contributed by atoms with Crippen LogP contribution in [0.5, 0.6) is 0 Å². The fourth-order valence-electron chi connectivity index (χ4n) is 2.85. The largest absolute Gasteiger partial charge is 0.339 e. The van der Waals surface area contributed by atoms with Gasteiger partial charge in [-0.25, -0.2) is 0 Å². The summed E-state index contributed by atoms with van der Waals surface area (Å²) < 4.78 is 5.33. The van der Waals surface area contributed by atoms with Crippen molar-refractivity contribution in [3.05, 3.63) is 100 Å². The van der Waals surface area contributed by atoms with E-state index in [4.69, 9.17) is 4.52 Å². The zero-order valence-electron chi connectivity index (χ0n) is 15.6. The minimum Gasteiger partial charge on any atom is -0.339 e. The molecule has 0 aliphatic rings. The molecule has 1 amide bonds. The van der Waals surface area contributed by atoms with Gasteiger partial charge < -0.3 is 9.84 Å². The van der Waals surface area contributed by atoms with Crippen LogP contribution in [-0.4, -0.2) is 26.0 Å². The average Bonchev–Trinajstić information content (AvgIpc) is 3.24. The maximum absolute atomic E-state index is 12.6. The van der Waals surface area contributed by atoms with Crippen molar-refractivity contribution in [1.29, 1.82) is 0 Å². The molecule has 0 saturated heterocycles. The van der Waals surface area contributed by atoms with Gasteiger partial charge in [-0.1, -0.05) is 29.4 Å². The van der Waals surface area contributed by atoms with Crippen molar-refractivity contribution in [2.45, 2.75) is 6.42 Å². The molecule has 4 rings (SSSR count). The normalized spacial score (nSPS) is 10.5. The Balaban J connectivity index is 1.53. The highest BCUT2D eigenvalue weighted by Crippen LogP contribution is 2.22. The van der Waals surface area contributed by atoms with E-state index in [-0.39, 0.29) is 11.3 Å². The molecule has 9 heteroatoms. The first-order chi connectivity index (χ1) is 14.6. The van der Waals surface area contributed by atoms with E-state index < -0.39 is 10.8 Å². The number of pyridine rings is 1. The zero-order valence-corrected chi connectivity index (χ0v) is 15.6. The van der Waals surface area contributed by atoms with Crippen LogP contribution >= 0.6 is 0 Å². The zero-order chi connectivity index (χ0) is 20.9. The monoisotopic (exact) mass is 401 g/mol. The van der Waals surface area contributed by atoms with Crippen LogP contribution in [-0.2, 0) is 6.42 Å². The summed E-state index contributed by atoms with van der Waals surface area (Å²) in [4.78, 5) is 31.4. The summed E-state index contributed by atoms with van der Waals surface area (Å²) >= 11 is 0. The summed E-state index contributed by atoms with van der Waals surface area (Å²) in [5.74, 6) is 0.356. The lowest BCUT2D eigenvalue weighted by Gasteiger charge is -2.09. The fraction of sp³-hybridized carbons (Fsp3) is 0.0476. The molecule has 0 aliphatic heterocycles. The van der Waals surface area contributed by atoms with Crippen molar-refractivity contribution in [3.63, 3.8) is 0 Å². The predicted octanol–water partition coefficient (Wildman–Crippen LogP) is 3.88. The predicted molar refractivity (Wildman–Crippen MR) is 108 cm³/mol. The number of benzene rings is 2. The highest BCUT2D eigenvalue weighted by atomic mass is 16.6. The quantitative estimate of drug-likeness (QED) is 0.384. The number of amides is 1. The standard InChI is InChI=1S/C21H15N5O4/c27-21(15-6-3-8-17(11-15)26(28)29)23-18-9-2-1-5-14(18)12-19-24-20(25-30-19)16-7-4-10-22-13-16/h1-11,13H,12H2,(H,23,27). The Hall–Kier alpha value is -4.40. The average molecular weight is 401 g/mol. The van der Waals surface area contributed by atoms with Crippen LogP contribution in [0.25, 0.3) is 11.4 Å². The number of non-ortho nitro benzene ring substituents is 1. The molecular formula is C21H15N5O4. The van der Waals surface area contributed by atoms with Gasteiger partial charge in [-0.2, -0.15) is 4.98 Å². The topological polar surface area (TPSA) is 124 Å². The summed E-state index contributed by atoms with van der Waals surface area (Å²) in [6.45, 7) is 0. The Bertz CT molecular complexity index is 1210. The fourth-order valence-corrected chi connectivity index (χ4v) is 2.85. The molecule has 0 radical (unpaired) electrons. The van der Waals surface area contributed by atoms with Gasteiger partial charge in [0.2, 0.25) is 11.7 Å². The van der Waals surface area contributed by atoms with Gasteiger partial charge >= 0.3 is 0 Å². The molecule has 0 unspecified atom stereocenters. The van der Waals surface area contributed by atoms with E-state index in [9.17, 15) is 14.9 Å². The van der Waals surface area contributed by atoms with Crippen molar-refractivity contribution >= 4 is 17.3 Å². The lowest BCUT2D eigenvalue weighted by Crippen LogP contribution is -2.13. The minimum atomic E-state index is -0.542. The highest BCUT2D eigenvalue weighted by molar-refractivity contribution is 6.05. The van der Waals surface area contributed by atoms with E-state index in [2.05, 4.69) is 20.4 Å². The molecule has 0 aliphatic carbocycles. The van der Waals surface area contributed by atoms with Gasteiger partial charge in [0.15, 0.2) is 0 Å². The van der Waals surface area contributed by atoms with Crippen LogP contribution in [0.2, 0.25) is 0 Å². The van der Waals surface area contributed by atoms with Crippen molar-refractivity contribution in [2.75, 3.05) is 5.32 Å². The number of para-hydroxylation sites is 1. The summed E-state index contributed by atoms with van der Waals surface area (Å²) in [6.07, 6.45) is 3.60. The van der Waals surface area contributed by atoms with E-state index in [1.54, 1.807) is 30.6 Å². The molecule has 0 spiro atoms. The number of hydrogen-bond donors (Lipinski definition) is 1. The number of carbonyl (C=O) groups excluding carboxylic acids is 1. The van der Waals surface area contributed by atoms with Gasteiger partial charge in [-0.3, -0.25) is 19.9 Å². The van der Waals surface area contributed by atoms with Gasteiger partial charge in [0.25, 0.3) is 11.6 Å². The number of aromatic nitrogens is 3. The Morgan fingerprint density at radius 1 is 1.10 bits per heavy atom. The number of nitro groups is 1. The number of nitrogens with one attached hydrogen (secondary N) is 1. The number of carbonyl (C=O) groups is 1. The molecule has 0 saturated carbocycles. The van der Waals surface area contributed by atoms with E-state index >= 15 is 0 Å². The first kappa shape index (κ1) is 18.9. The molecule has 9 nitrogen and oxygen atoms in total. The number of hydrogen-bond acceptors (Lipinski definition) is 7. The molecule has 2 aromatic carbocycles. The van der Waals surface area contributed by atoms with E-state index in [0.29, 0.717) is 23.8 Å². The molecule has 0 bridgehead atoms. The Labute approximate surface area is 170 Å². The summed E-state index contributed by atoms with van der Waals surface area (Å²) in [6, 6.07) is 16.3. The van der Waals surface area contributed by atoms with Crippen LogP contribution in [0.15, 0.2) is 77.6 Å². The number of nitrogens with zero attached hydrogens (tertiary/aromatic N) is 4. The molecule has 30 heavy (non-hydrogen) atoms. The first-order valence-corrected chi connectivity index (χ1v) is 8.97. The highest BCUT2D eigenvalue weighted by Gasteiger charge is 2.15. The number of anilines is 1. The van der Waals surface area contributed by atoms with Crippen molar-refractivity contribution < 1.29 is 14.2 Å². The molecule has 2 heterocycles. The lowest BCUT2D eigenvalue weighted by atomic mass is 10.1. The van der Waals surface area contributed by atoms with Gasteiger partial charge in [0.1, 0.15) is 0 Å². The molecular weight excluding hydrogens is 386 g/mol. The van der Waals surface area contributed by atoms with Crippen molar-refractivity contribution in [1.82, 2.24) is 15.1 Å². The van der Waals surface area contributed by atoms with Crippen molar-refractivity contribution in [3.8, 4) is 11.4 Å². The minimum absolute atomic E-state index is 0.148. The maximum Gasteiger partial charge on any atom is 0.270 e. The second kappa shape index (κ2) is 8.31. The number of nitro benzene ring substituents is 1. The van der Waals surface area contributed by atoms with Crippen LogP contribution in [0.4, 0.5) is 11.4 Å². The Morgan fingerprint density at radius 2 is 1.97 bits per heavy atom. The molecule has 4 aromatic rings. The molecule has 2 aromatic heterocycles. The first-order valence-electron chi connectivity index (χ1n) is 8.97. The Kier molecular flexibility index (Phi) is 5.25. The van der Waals surface area contributed by atoms with E-state index in [0.717, 1.165) is 11.1 Å². The van der Waals surface area contributed by atoms with Gasteiger partial charge in [-0.15, -0.1) is 0 Å².